The van der Waals surface area contributed by atoms with Gasteiger partial charge >= 0.3 is 0 Å². The van der Waals surface area contributed by atoms with Gasteiger partial charge in [-0.1, -0.05) is 104 Å². The summed E-state index contributed by atoms with van der Waals surface area (Å²) in [6, 6.07) is 34.5. The molecule has 2 bridgehead atoms. The number of carbonyl (C=O) groups excluding carboxylic acids is 2. The molecule has 2 atom stereocenters. The highest BCUT2D eigenvalue weighted by Crippen LogP contribution is 2.64. The van der Waals surface area contributed by atoms with Gasteiger partial charge in [-0.05, 0) is 33.9 Å². The molecule has 3 nitrogen and oxygen atoms in total. The van der Waals surface area contributed by atoms with Crippen LogP contribution in [0.25, 0.3) is 11.1 Å². The van der Waals surface area contributed by atoms with Crippen molar-refractivity contribution >= 4 is 17.5 Å². The van der Waals surface area contributed by atoms with Crippen LogP contribution in [0.5, 0.6) is 0 Å². The van der Waals surface area contributed by atoms with E-state index in [1.54, 1.807) is 0 Å². The second kappa shape index (κ2) is 6.77. The van der Waals surface area contributed by atoms with Crippen LogP contribution in [0.3, 0.4) is 0 Å². The fourth-order valence-electron chi connectivity index (χ4n) is 6.92. The van der Waals surface area contributed by atoms with E-state index >= 15 is 0 Å². The average Bonchev–Trinajstić information content (AvgIpc) is 3.16. The van der Waals surface area contributed by atoms with Gasteiger partial charge in [-0.15, -0.1) is 0 Å². The van der Waals surface area contributed by atoms with Gasteiger partial charge in [0.1, 0.15) is 0 Å². The molecule has 3 heteroatoms. The van der Waals surface area contributed by atoms with Crippen molar-refractivity contribution in [2.75, 3.05) is 4.90 Å². The number of hydrogen-bond donors (Lipinski definition) is 0. The Morgan fingerprint density at radius 1 is 0.647 bits per heavy atom. The van der Waals surface area contributed by atoms with Gasteiger partial charge < -0.3 is 0 Å². The van der Waals surface area contributed by atoms with E-state index in [9.17, 15) is 9.59 Å². The van der Waals surface area contributed by atoms with Crippen molar-refractivity contribution in [3.63, 3.8) is 0 Å². The van der Waals surface area contributed by atoms with E-state index in [0.29, 0.717) is 5.69 Å². The van der Waals surface area contributed by atoms with Crippen LogP contribution in [-0.4, -0.2) is 11.8 Å². The van der Waals surface area contributed by atoms with Crippen molar-refractivity contribution in [2.45, 2.75) is 18.3 Å². The number of para-hydroxylation sites is 1. The maximum atomic E-state index is 14.3. The zero-order valence-electron chi connectivity index (χ0n) is 18.8. The summed E-state index contributed by atoms with van der Waals surface area (Å²) >= 11 is 0. The van der Waals surface area contributed by atoms with E-state index < -0.39 is 17.3 Å². The van der Waals surface area contributed by atoms with Gasteiger partial charge in [0.25, 0.3) is 0 Å². The lowest BCUT2D eigenvalue weighted by atomic mass is 9.48. The van der Waals surface area contributed by atoms with Crippen molar-refractivity contribution < 1.29 is 9.59 Å². The van der Waals surface area contributed by atoms with Crippen LogP contribution in [0.4, 0.5) is 5.69 Å². The van der Waals surface area contributed by atoms with Crippen molar-refractivity contribution in [3.8, 4) is 11.1 Å². The molecule has 2 amide bonds. The minimum absolute atomic E-state index is 0.0846. The molecule has 1 fully saturated rings. The molecule has 8 rings (SSSR count). The number of carbonyl (C=O) groups is 2. The average molecular weight is 442 g/mol. The summed E-state index contributed by atoms with van der Waals surface area (Å²) in [5.74, 6) is -1.09. The van der Waals surface area contributed by atoms with Crippen molar-refractivity contribution in [3.05, 3.63) is 125 Å². The molecule has 0 saturated carbocycles. The third-order valence-electron chi connectivity index (χ3n) is 8.27. The number of rotatable bonds is 2. The first-order chi connectivity index (χ1) is 16.6. The van der Waals surface area contributed by atoms with E-state index in [4.69, 9.17) is 0 Å². The summed E-state index contributed by atoms with van der Waals surface area (Å²) in [5, 5.41) is 0. The Bertz CT molecular complexity index is 1440. The second-order valence-electron chi connectivity index (χ2n) is 9.75. The predicted molar refractivity (Wildman–Crippen MR) is 133 cm³/mol. The molecule has 1 aliphatic heterocycles. The third kappa shape index (κ3) is 2.27. The fourth-order valence-corrected chi connectivity index (χ4v) is 6.92. The molecule has 4 aromatic rings. The summed E-state index contributed by atoms with van der Waals surface area (Å²) in [5.41, 5.74) is 6.75. The van der Waals surface area contributed by atoms with Gasteiger partial charge in [0.15, 0.2) is 0 Å². The maximum Gasteiger partial charge on any atom is 0.238 e. The molecular formula is C31H23NO2. The first-order valence-corrected chi connectivity index (χ1v) is 11.8. The highest BCUT2D eigenvalue weighted by atomic mass is 16.2. The predicted octanol–water partition coefficient (Wildman–Crippen LogP) is 5.92. The second-order valence-corrected chi connectivity index (χ2v) is 9.75. The Hall–Kier alpha value is -3.98. The normalized spacial score (nSPS) is 26.3. The number of hydrogen-bond acceptors (Lipinski definition) is 2. The molecule has 0 N–H and O–H groups in total. The number of nitrogens with zero attached hydrogens (tertiary/aromatic N) is 1. The fraction of sp³-hybridized carbons (Fsp3) is 0.161. The number of amides is 2. The van der Waals surface area contributed by atoms with Crippen molar-refractivity contribution in [1.82, 2.24) is 0 Å². The molecule has 3 aliphatic carbocycles. The SMILES string of the molecule is CC12c3ccccc3C(c3ccccc31)[C@H]1C(=O)N(c3ccccc3-c3ccccc3)C(=O)[C@@H]12. The number of benzene rings is 4. The Morgan fingerprint density at radius 3 is 1.88 bits per heavy atom. The summed E-state index contributed by atoms with van der Waals surface area (Å²) in [6.07, 6.45) is 0. The summed E-state index contributed by atoms with van der Waals surface area (Å²) in [6.45, 7) is 2.16. The smallest absolute Gasteiger partial charge is 0.238 e. The first-order valence-electron chi connectivity index (χ1n) is 11.8. The van der Waals surface area contributed by atoms with E-state index in [-0.39, 0.29) is 17.7 Å². The highest BCUT2D eigenvalue weighted by Gasteiger charge is 2.66. The number of anilines is 1. The van der Waals surface area contributed by atoms with Crippen molar-refractivity contribution in [1.29, 1.82) is 0 Å². The molecule has 0 aromatic heterocycles. The van der Waals surface area contributed by atoms with E-state index in [1.165, 1.54) is 27.2 Å². The maximum absolute atomic E-state index is 14.3. The van der Waals surface area contributed by atoms with Gasteiger partial charge in [-0.25, -0.2) is 4.90 Å². The largest absolute Gasteiger partial charge is 0.274 e. The zero-order valence-corrected chi connectivity index (χ0v) is 18.8. The molecule has 1 saturated heterocycles. The quantitative estimate of drug-likeness (QED) is 0.362. The minimum Gasteiger partial charge on any atom is -0.274 e. The van der Waals surface area contributed by atoms with Gasteiger partial charge in [-0.2, -0.15) is 0 Å². The molecule has 4 aliphatic rings. The van der Waals surface area contributed by atoms with Gasteiger partial charge in [0, 0.05) is 16.9 Å². The van der Waals surface area contributed by atoms with Crippen LogP contribution in [0.2, 0.25) is 0 Å². The Morgan fingerprint density at radius 2 is 1.21 bits per heavy atom. The Kier molecular flexibility index (Phi) is 3.88. The minimum atomic E-state index is -0.546. The van der Waals surface area contributed by atoms with Gasteiger partial charge in [0.2, 0.25) is 11.8 Å². The topological polar surface area (TPSA) is 37.4 Å². The first kappa shape index (κ1) is 19.5. The van der Waals surface area contributed by atoms with Crippen LogP contribution in [0.15, 0.2) is 103 Å². The molecule has 4 aromatic carbocycles. The van der Waals surface area contributed by atoms with Crippen molar-refractivity contribution in [2.24, 2.45) is 11.8 Å². The van der Waals surface area contributed by atoms with Crippen LogP contribution in [0, 0.1) is 11.8 Å². The zero-order chi connectivity index (χ0) is 23.0. The van der Waals surface area contributed by atoms with Crippen LogP contribution >= 0.6 is 0 Å². The standard InChI is InChI=1S/C31H23NO2/c1-31-23-16-8-5-14-21(23)26(22-15-6-9-17-24(22)31)27-28(31)30(34)32(29(27)33)25-18-10-7-13-20(25)19-11-3-2-4-12-19/h2-18,26-28H,1H3/t26?,27-,28-,31?/m1/s1. The highest BCUT2D eigenvalue weighted by molar-refractivity contribution is 6.25. The summed E-state index contributed by atoms with van der Waals surface area (Å²) in [4.78, 5) is 29.9. The molecule has 0 unspecified atom stereocenters. The van der Waals surface area contributed by atoms with E-state index in [0.717, 1.165) is 11.1 Å². The van der Waals surface area contributed by atoms with Crippen LogP contribution < -0.4 is 4.90 Å². The molecule has 1 heterocycles. The third-order valence-corrected chi connectivity index (χ3v) is 8.27. The molecular weight excluding hydrogens is 418 g/mol. The summed E-state index contributed by atoms with van der Waals surface area (Å²) < 4.78 is 0. The lowest BCUT2D eigenvalue weighted by molar-refractivity contribution is -0.123. The molecule has 34 heavy (non-hydrogen) atoms. The van der Waals surface area contributed by atoms with Gasteiger partial charge in [-0.3, -0.25) is 9.59 Å². The van der Waals surface area contributed by atoms with Crippen LogP contribution in [-0.2, 0) is 15.0 Å². The van der Waals surface area contributed by atoms with Crippen LogP contribution in [0.1, 0.15) is 35.1 Å². The lowest BCUT2D eigenvalue weighted by Gasteiger charge is -2.52. The van der Waals surface area contributed by atoms with E-state index in [2.05, 4.69) is 31.2 Å². The van der Waals surface area contributed by atoms with Gasteiger partial charge in [0.05, 0.1) is 17.5 Å². The summed E-state index contributed by atoms with van der Waals surface area (Å²) in [7, 11) is 0. The molecule has 0 spiro atoms. The number of imide groups is 1. The Labute approximate surface area is 198 Å². The monoisotopic (exact) mass is 441 g/mol. The molecule has 164 valence electrons. The Balaban J connectivity index is 1.46. The van der Waals surface area contributed by atoms with E-state index in [1.807, 2.05) is 78.9 Å². The molecule has 0 radical (unpaired) electrons. The lowest BCUT2D eigenvalue weighted by Crippen LogP contribution is -2.51.